The molecular formula is C20H20O4. The lowest BCUT2D eigenvalue weighted by Gasteiger charge is -2.13. The fourth-order valence-corrected chi connectivity index (χ4v) is 2.73. The van der Waals surface area contributed by atoms with Crippen molar-refractivity contribution in [2.24, 2.45) is 0 Å². The van der Waals surface area contributed by atoms with Crippen molar-refractivity contribution in [2.75, 3.05) is 7.11 Å². The van der Waals surface area contributed by atoms with Crippen LogP contribution in [0.2, 0.25) is 0 Å². The van der Waals surface area contributed by atoms with Gasteiger partial charge in [-0.1, -0.05) is 12.1 Å². The minimum Gasteiger partial charge on any atom is -0.497 e. The molecular weight excluding hydrogens is 304 g/mol. The Morgan fingerprint density at radius 2 is 1.83 bits per heavy atom. The van der Waals surface area contributed by atoms with Gasteiger partial charge in [0.25, 0.3) is 0 Å². The Kier molecular flexibility index (Phi) is 4.30. The van der Waals surface area contributed by atoms with Crippen molar-refractivity contribution in [1.29, 1.82) is 0 Å². The van der Waals surface area contributed by atoms with Gasteiger partial charge in [-0.3, -0.25) is 0 Å². The number of hydrogen-bond acceptors (Lipinski definition) is 4. The van der Waals surface area contributed by atoms with Crippen LogP contribution in [0, 0.1) is 20.8 Å². The van der Waals surface area contributed by atoms with Crippen LogP contribution in [0.4, 0.5) is 0 Å². The van der Waals surface area contributed by atoms with Gasteiger partial charge >= 0.3 is 5.63 Å². The zero-order chi connectivity index (χ0) is 17.3. The maximum absolute atomic E-state index is 11.9. The van der Waals surface area contributed by atoms with Crippen LogP contribution in [0.1, 0.15) is 22.3 Å². The molecule has 0 aliphatic carbocycles. The van der Waals surface area contributed by atoms with Gasteiger partial charge in [0.05, 0.1) is 12.5 Å². The monoisotopic (exact) mass is 324 g/mol. The Morgan fingerprint density at radius 1 is 1.04 bits per heavy atom. The summed E-state index contributed by atoms with van der Waals surface area (Å²) in [5.74, 6) is 1.51. The summed E-state index contributed by atoms with van der Waals surface area (Å²) in [4.78, 5) is 11.9. The van der Waals surface area contributed by atoms with Crippen LogP contribution in [-0.4, -0.2) is 7.11 Å². The summed E-state index contributed by atoms with van der Waals surface area (Å²) in [5, 5.41) is 0.848. The van der Waals surface area contributed by atoms with Gasteiger partial charge in [0.15, 0.2) is 0 Å². The van der Waals surface area contributed by atoms with E-state index in [4.69, 9.17) is 13.9 Å². The van der Waals surface area contributed by atoms with E-state index in [1.54, 1.807) is 14.0 Å². The van der Waals surface area contributed by atoms with E-state index in [2.05, 4.69) is 0 Å². The molecule has 0 saturated carbocycles. The van der Waals surface area contributed by atoms with Crippen LogP contribution in [0.5, 0.6) is 11.5 Å². The molecule has 0 aliphatic heterocycles. The SMILES string of the molecule is COc1cccc(COc2cc(C)cc3oc(=O)c(C)c(C)c23)c1. The minimum atomic E-state index is -0.302. The van der Waals surface area contributed by atoms with Crippen LogP contribution in [0.3, 0.4) is 0 Å². The average molecular weight is 324 g/mol. The molecule has 0 radical (unpaired) electrons. The van der Waals surface area contributed by atoms with E-state index in [0.29, 0.717) is 17.8 Å². The Balaban J connectivity index is 2.02. The Bertz CT molecular complexity index is 954. The van der Waals surface area contributed by atoms with Gasteiger partial charge in [-0.05, 0) is 61.7 Å². The highest BCUT2D eigenvalue weighted by Gasteiger charge is 2.13. The number of fused-ring (bicyclic) bond motifs is 1. The maximum Gasteiger partial charge on any atom is 0.339 e. The van der Waals surface area contributed by atoms with Crippen LogP contribution in [0.15, 0.2) is 45.6 Å². The van der Waals surface area contributed by atoms with Gasteiger partial charge in [-0.25, -0.2) is 4.79 Å². The first-order chi connectivity index (χ1) is 11.5. The second kappa shape index (κ2) is 6.40. The molecule has 0 saturated heterocycles. The summed E-state index contributed by atoms with van der Waals surface area (Å²) in [7, 11) is 1.64. The summed E-state index contributed by atoms with van der Waals surface area (Å²) in [6.07, 6.45) is 0. The predicted octanol–water partition coefficient (Wildman–Crippen LogP) is 4.31. The van der Waals surface area contributed by atoms with Crippen molar-refractivity contribution in [3.05, 3.63) is 69.1 Å². The summed E-state index contributed by atoms with van der Waals surface area (Å²) < 4.78 is 16.7. The normalized spacial score (nSPS) is 10.8. The molecule has 0 bridgehead atoms. The third kappa shape index (κ3) is 3.00. The Morgan fingerprint density at radius 3 is 2.58 bits per heavy atom. The molecule has 0 spiro atoms. The van der Waals surface area contributed by atoms with E-state index in [-0.39, 0.29) is 5.63 Å². The summed E-state index contributed by atoms with van der Waals surface area (Å²) >= 11 is 0. The van der Waals surface area contributed by atoms with Crippen LogP contribution in [-0.2, 0) is 6.61 Å². The van der Waals surface area contributed by atoms with Crippen molar-refractivity contribution >= 4 is 11.0 Å². The van der Waals surface area contributed by atoms with Crippen LogP contribution < -0.4 is 15.1 Å². The number of rotatable bonds is 4. The van der Waals surface area contributed by atoms with E-state index in [1.807, 2.05) is 50.2 Å². The van der Waals surface area contributed by atoms with Gasteiger partial charge in [0.2, 0.25) is 0 Å². The quantitative estimate of drug-likeness (QED) is 0.671. The van der Waals surface area contributed by atoms with E-state index in [9.17, 15) is 4.79 Å². The molecule has 1 aromatic heterocycles. The third-order valence-electron chi connectivity index (χ3n) is 4.19. The van der Waals surface area contributed by atoms with Crippen molar-refractivity contribution in [2.45, 2.75) is 27.4 Å². The number of benzene rings is 2. The smallest absolute Gasteiger partial charge is 0.339 e. The summed E-state index contributed by atoms with van der Waals surface area (Å²) in [5.41, 5.74) is 3.75. The highest BCUT2D eigenvalue weighted by molar-refractivity contribution is 5.88. The number of methoxy groups -OCH3 is 1. The fourth-order valence-electron chi connectivity index (χ4n) is 2.73. The lowest BCUT2D eigenvalue weighted by Crippen LogP contribution is -2.07. The first kappa shape index (κ1) is 16.1. The third-order valence-corrected chi connectivity index (χ3v) is 4.19. The minimum absolute atomic E-state index is 0.302. The predicted molar refractivity (Wildman–Crippen MR) is 94.0 cm³/mol. The van der Waals surface area contributed by atoms with Crippen LogP contribution in [0.25, 0.3) is 11.0 Å². The Labute approximate surface area is 140 Å². The molecule has 4 heteroatoms. The van der Waals surface area contributed by atoms with E-state index in [1.165, 1.54) is 0 Å². The van der Waals surface area contributed by atoms with Gasteiger partial charge in [0.1, 0.15) is 23.7 Å². The lowest BCUT2D eigenvalue weighted by atomic mass is 10.0. The van der Waals surface area contributed by atoms with E-state index < -0.39 is 0 Å². The molecule has 124 valence electrons. The molecule has 24 heavy (non-hydrogen) atoms. The largest absolute Gasteiger partial charge is 0.497 e. The molecule has 0 unspecified atom stereocenters. The topological polar surface area (TPSA) is 48.7 Å². The molecule has 3 aromatic rings. The number of aryl methyl sites for hydroxylation is 2. The Hall–Kier alpha value is -2.75. The maximum atomic E-state index is 11.9. The van der Waals surface area contributed by atoms with Crippen LogP contribution >= 0.6 is 0 Å². The first-order valence-electron chi connectivity index (χ1n) is 7.80. The van der Waals surface area contributed by atoms with Gasteiger partial charge in [0, 0.05) is 5.56 Å². The molecule has 0 amide bonds. The zero-order valence-corrected chi connectivity index (χ0v) is 14.3. The highest BCUT2D eigenvalue weighted by atomic mass is 16.5. The summed E-state index contributed by atoms with van der Waals surface area (Å²) in [6.45, 7) is 6.05. The highest BCUT2D eigenvalue weighted by Crippen LogP contribution is 2.31. The van der Waals surface area contributed by atoms with Gasteiger partial charge in [-0.2, -0.15) is 0 Å². The fraction of sp³-hybridized carbons (Fsp3) is 0.250. The van der Waals surface area contributed by atoms with E-state index in [0.717, 1.165) is 33.6 Å². The standard InChI is InChI=1S/C20H20O4/c1-12-8-17(23-11-15-6-5-7-16(10-15)22-4)19-13(2)14(3)20(21)24-18(19)9-12/h5-10H,11H2,1-4H3. The number of hydrogen-bond donors (Lipinski definition) is 0. The molecule has 1 heterocycles. The van der Waals surface area contributed by atoms with Crippen molar-refractivity contribution < 1.29 is 13.9 Å². The lowest BCUT2D eigenvalue weighted by molar-refractivity contribution is 0.308. The zero-order valence-electron chi connectivity index (χ0n) is 14.3. The van der Waals surface area contributed by atoms with Crippen molar-refractivity contribution in [3.63, 3.8) is 0 Å². The first-order valence-corrected chi connectivity index (χ1v) is 7.80. The molecule has 3 rings (SSSR count). The summed E-state index contributed by atoms with van der Waals surface area (Å²) in [6, 6.07) is 11.6. The van der Waals surface area contributed by atoms with Crippen molar-refractivity contribution in [3.8, 4) is 11.5 Å². The van der Waals surface area contributed by atoms with Gasteiger partial charge in [-0.15, -0.1) is 0 Å². The molecule has 0 N–H and O–H groups in total. The molecule has 0 atom stereocenters. The molecule has 4 nitrogen and oxygen atoms in total. The molecule has 0 aliphatic rings. The number of ether oxygens (including phenoxy) is 2. The molecule has 0 fully saturated rings. The second-order valence-electron chi connectivity index (χ2n) is 5.92. The molecule has 2 aromatic carbocycles. The van der Waals surface area contributed by atoms with Gasteiger partial charge < -0.3 is 13.9 Å². The average Bonchev–Trinajstić information content (AvgIpc) is 2.57. The second-order valence-corrected chi connectivity index (χ2v) is 5.92. The van der Waals surface area contributed by atoms with Crippen molar-refractivity contribution in [1.82, 2.24) is 0 Å². The van der Waals surface area contributed by atoms with E-state index >= 15 is 0 Å².